The molecule has 3 N–H and O–H groups in total. The number of rotatable bonds is 8. The summed E-state index contributed by atoms with van der Waals surface area (Å²) in [6.07, 6.45) is 0.971. The predicted octanol–water partition coefficient (Wildman–Crippen LogP) is 1.69. The number of hydrogen-bond donors (Lipinski definition) is 2. The van der Waals surface area contributed by atoms with Crippen molar-refractivity contribution in [2.75, 3.05) is 36.3 Å². The van der Waals surface area contributed by atoms with Crippen LogP contribution in [-0.4, -0.2) is 35.3 Å². The summed E-state index contributed by atoms with van der Waals surface area (Å²) in [5, 5.41) is 2.84. The highest BCUT2D eigenvalue weighted by molar-refractivity contribution is 7.84. The Bertz CT molecular complexity index is 477. The molecule has 0 saturated carbocycles. The zero-order valence-corrected chi connectivity index (χ0v) is 12.8. The second-order valence-corrected chi connectivity index (χ2v) is 6.26. The highest BCUT2D eigenvalue weighted by atomic mass is 32.2. The molecule has 1 rings (SSSR count). The van der Waals surface area contributed by atoms with Gasteiger partial charge in [-0.25, -0.2) is 0 Å². The molecule has 0 fully saturated rings. The summed E-state index contributed by atoms with van der Waals surface area (Å²) in [5.74, 6) is 0.980. The van der Waals surface area contributed by atoms with Gasteiger partial charge in [0.2, 0.25) is 5.91 Å². The molecular formula is C14H22N2O3S. The molecular weight excluding hydrogens is 276 g/mol. The van der Waals surface area contributed by atoms with Gasteiger partial charge < -0.3 is 15.8 Å². The fourth-order valence-electron chi connectivity index (χ4n) is 1.71. The normalized spacial score (nSPS) is 12.1. The van der Waals surface area contributed by atoms with Crippen LogP contribution in [0.4, 0.5) is 11.4 Å². The molecule has 6 heteroatoms. The standard InChI is InChI=1S/C14H22N2O3S/c1-11-10-12(15)5-6-13(11)16-14(17)4-3-8-20(18)9-7-19-2/h5-6,10H,3-4,7-9,15H2,1-2H3,(H,16,17). The Balaban J connectivity index is 2.31. The number of amides is 1. The van der Waals surface area contributed by atoms with Crippen LogP contribution in [0.3, 0.4) is 0 Å². The zero-order chi connectivity index (χ0) is 15.0. The smallest absolute Gasteiger partial charge is 0.224 e. The topological polar surface area (TPSA) is 81.4 Å². The summed E-state index contributed by atoms with van der Waals surface area (Å²) in [7, 11) is 0.671. The highest BCUT2D eigenvalue weighted by Crippen LogP contribution is 2.17. The summed E-state index contributed by atoms with van der Waals surface area (Å²) < 4.78 is 16.4. The van der Waals surface area contributed by atoms with E-state index >= 15 is 0 Å². The van der Waals surface area contributed by atoms with Crippen LogP contribution in [0, 0.1) is 6.92 Å². The minimum Gasteiger partial charge on any atom is -0.399 e. The largest absolute Gasteiger partial charge is 0.399 e. The third-order valence-corrected chi connectivity index (χ3v) is 4.18. The molecule has 1 amide bonds. The molecule has 0 aliphatic rings. The average Bonchev–Trinajstić information content (AvgIpc) is 2.39. The Morgan fingerprint density at radius 1 is 1.40 bits per heavy atom. The third kappa shape index (κ3) is 6.16. The third-order valence-electron chi connectivity index (χ3n) is 2.82. The molecule has 0 aliphatic carbocycles. The van der Waals surface area contributed by atoms with E-state index in [1.165, 1.54) is 0 Å². The number of nitrogens with two attached hydrogens (primary N) is 1. The first-order chi connectivity index (χ1) is 9.52. The Labute approximate surface area is 122 Å². The summed E-state index contributed by atoms with van der Waals surface area (Å²) in [6, 6.07) is 5.36. The number of hydrogen-bond acceptors (Lipinski definition) is 4. The highest BCUT2D eigenvalue weighted by Gasteiger charge is 2.06. The Morgan fingerprint density at radius 3 is 2.80 bits per heavy atom. The van der Waals surface area contributed by atoms with E-state index in [-0.39, 0.29) is 5.91 Å². The van der Waals surface area contributed by atoms with Crippen molar-refractivity contribution in [1.82, 2.24) is 0 Å². The maximum atomic E-state index is 11.8. The van der Waals surface area contributed by atoms with Crippen LogP contribution < -0.4 is 11.1 Å². The first kappa shape index (κ1) is 16.7. The minimum atomic E-state index is -0.912. The lowest BCUT2D eigenvalue weighted by molar-refractivity contribution is -0.116. The van der Waals surface area contributed by atoms with Crippen LogP contribution in [0.2, 0.25) is 0 Å². The molecule has 5 nitrogen and oxygen atoms in total. The molecule has 1 atom stereocenters. The number of nitrogen functional groups attached to an aromatic ring is 1. The number of benzene rings is 1. The molecule has 0 saturated heterocycles. The molecule has 0 aromatic heterocycles. The van der Waals surface area contributed by atoms with Crippen molar-refractivity contribution in [1.29, 1.82) is 0 Å². The van der Waals surface area contributed by atoms with Crippen LogP contribution in [0.15, 0.2) is 18.2 Å². The molecule has 0 aliphatic heterocycles. The number of carbonyl (C=O) groups is 1. The number of methoxy groups -OCH3 is 1. The molecule has 0 heterocycles. The molecule has 1 aromatic rings. The summed E-state index contributed by atoms with van der Waals surface area (Å²) in [5.41, 5.74) is 8.03. The van der Waals surface area contributed by atoms with Gasteiger partial charge in [0.1, 0.15) is 0 Å². The van der Waals surface area contributed by atoms with Gasteiger partial charge in [0.25, 0.3) is 0 Å². The van der Waals surface area contributed by atoms with Crippen molar-refractivity contribution < 1.29 is 13.7 Å². The van der Waals surface area contributed by atoms with Crippen LogP contribution in [-0.2, 0) is 20.3 Å². The number of anilines is 2. The van der Waals surface area contributed by atoms with E-state index in [0.29, 0.717) is 36.6 Å². The quantitative estimate of drug-likeness (QED) is 0.716. The fourth-order valence-corrected chi connectivity index (χ4v) is 2.73. The monoisotopic (exact) mass is 298 g/mol. The number of ether oxygens (including phenoxy) is 1. The molecule has 0 spiro atoms. The Morgan fingerprint density at radius 2 is 2.15 bits per heavy atom. The second kappa shape index (κ2) is 8.71. The Hall–Kier alpha value is -1.40. The van der Waals surface area contributed by atoms with E-state index in [0.717, 1.165) is 11.3 Å². The van der Waals surface area contributed by atoms with Gasteiger partial charge in [0.15, 0.2) is 0 Å². The van der Waals surface area contributed by atoms with Crippen LogP contribution in [0.1, 0.15) is 18.4 Å². The Kier molecular flexibility index (Phi) is 7.25. The SMILES string of the molecule is COCCS(=O)CCCC(=O)Nc1ccc(N)cc1C. The van der Waals surface area contributed by atoms with E-state index in [1.807, 2.05) is 13.0 Å². The number of carbonyl (C=O) groups excluding carboxylic acids is 1. The molecule has 1 aromatic carbocycles. The number of nitrogens with one attached hydrogen (secondary N) is 1. The molecule has 1 unspecified atom stereocenters. The summed E-state index contributed by atoms with van der Waals surface area (Å²) in [4.78, 5) is 11.8. The van der Waals surface area contributed by atoms with Crippen molar-refractivity contribution in [3.63, 3.8) is 0 Å². The average molecular weight is 298 g/mol. The van der Waals surface area contributed by atoms with Gasteiger partial charge in [-0.05, 0) is 37.1 Å². The maximum absolute atomic E-state index is 11.8. The van der Waals surface area contributed by atoms with Gasteiger partial charge in [-0.3, -0.25) is 9.00 Å². The fraction of sp³-hybridized carbons (Fsp3) is 0.500. The van der Waals surface area contributed by atoms with Crippen LogP contribution in [0.5, 0.6) is 0 Å². The lowest BCUT2D eigenvalue weighted by Crippen LogP contribution is -2.14. The van der Waals surface area contributed by atoms with Gasteiger partial charge in [-0.2, -0.15) is 0 Å². The summed E-state index contributed by atoms with van der Waals surface area (Å²) in [6.45, 7) is 2.38. The predicted molar refractivity (Wildman–Crippen MR) is 83.2 cm³/mol. The van der Waals surface area contributed by atoms with E-state index in [1.54, 1.807) is 19.2 Å². The maximum Gasteiger partial charge on any atom is 0.224 e. The lowest BCUT2D eigenvalue weighted by Gasteiger charge is -2.09. The number of aryl methyl sites for hydroxylation is 1. The van der Waals surface area contributed by atoms with Crippen molar-refractivity contribution in [3.05, 3.63) is 23.8 Å². The van der Waals surface area contributed by atoms with E-state index in [2.05, 4.69) is 5.32 Å². The van der Waals surface area contributed by atoms with E-state index in [4.69, 9.17) is 10.5 Å². The molecule has 0 bridgehead atoms. The molecule has 0 radical (unpaired) electrons. The van der Waals surface area contributed by atoms with Crippen LogP contribution >= 0.6 is 0 Å². The van der Waals surface area contributed by atoms with Gasteiger partial charge in [0.05, 0.1) is 6.61 Å². The first-order valence-corrected chi connectivity index (χ1v) is 8.01. The van der Waals surface area contributed by atoms with E-state index in [9.17, 15) is 9.00 Å². The van der Waals surface area contributed by atoms with Crippen molar-refractivity contribution in [3.8, 4) is 0 Å². The van der Waals surface area contributed by atoms with Gasteiger partial charge in [-0.1, -0.05) is 0 Å². The van der Waals surface area contributed by atoms with Gasteiger partial charge in [-0.15, -0.1) is 0 Å². The van der Waals surface area contributed by atoms with Crippen molar-refractivity contribution in [2.45, 2.75) is 19.8 Å². The molecule has 20 heavy (non-hydrogen) atoms. The van der Waals surface area contributed by atoms with Crippen molar-refractivity contribution in [2.24, 2.45) is 0 Å². The van der Waals surface area contributed by atoms with Gasteiger partial charge >= 0.3 is 0 Å². The van der Waals surface area contributed by atoms with E-state index < -0.39 is 10.8 Å². The van der Waals surface area contributed by atoms with Crippen molar-refractivity contribution >= 4 is 28.1 Å². The zero-order valence-electron chi connectivity index (χ0n) is 12.0. The first-order valence-electron chi connectivity index (χ1n) is 6.53. The van der Waals surface area contributed by atoms with Gasteiger partial charge in [0, 0.05) is 47.2 Å². The second-order valence-electron chi connectivity index (χ2n) is 4.57. The molecule has 112 valence electrons. The summed E-state index contributed by atoms with van der Waals surface area (Å²) >= 11 is 0. The minimum absolute atomic E-state index is 0.0680. The van der Waals surface area contributed by atoms with Crippen LogP contribution in [0.25, 0.3) is 0 Å². The lowest BCUT2D eigenvalue weighted by atomic mass is 10.1.